The van der Waals surface area contributed by atoms with Crippen LogP contribution in [0.5, 0.6) is 0 Å². The van der Waals surface area contributed by atoms with E-state index in [-0.39, 0.29) is 11.5 Å². The molecule has 2 rings (SSSR count). The van der Waals surface area contributed by atoms with Crippen LogP contribution in [0.2, 0.25) is 0 Å². The first-order valence-corrected chi connectivity index (χ1v) is 6.55. The SMILES string of the molecule is NCCC1CCCN(C(=O)c2cc(F)cc(F)c2)C1. The van der Waals surface area contributed by atoms with Crippen molar-refractivity contribution in [1.82, 2.24) is 4.90 Å². The van der Waals surface area contributed by atoms with Crippen LogP contribution in [0.4, 0.5) is 8.78 Å². The highest BCUT2D eigenvalue weighted by Crippen LogP contribution is 2.21. The summed E-state index contributed by atoms with van der Waals surface area (Å²) in [6.45, 7) is 1.85. The Kier molecular flexibility index (Phi) is 4.47. The first-order chi connectivity index (χ1) is 9.10. The summed E-state index contributed by atoms with van der Waals surface area (Å²) in [6, 6.07) is 2.93. The minimum Gasteiger partial charge on any atom is -0.338 e. The van der Waals surface area contributed by atoms with E-state index in [1.807, 2.05) is 0 Å². The third kappa shape index (κ3) is 3.50. The van der Waals surface area contributed by atoms with E-state index in [4.69, 9.17) is 5.73 Å². The van der Waals surface area contributed by atoms with Crippen LogP contribution in [0, 0.1) is 17.6 Å². The zero-order valence-electron chi connectivity index (χ0n) is 10.7. The summed E-state index contributed by atoms with van der Waals surface area (Å²) in [6.07, 6.45) is 2.84. The maximum atomic E-state index is 13.1. The van der Waals surface area contributed by atoms with Crippen molar-refractivity contribution in [3.8, 4) is 0 Å². The number of piperidine rings is 1. The van der Waals surface area contributed by atoms with Gasteiger partial charge >= 0.3 is 0 Å². The van der Waals surface area contributed by atoms with Crippen molar-refractivity contribution in [1.29, 1.82) is 0 Å². The molecule has 104 valence electrons. The number of carbonyl (C=O) groups is 1. The average molecular weight is 268 g/mol. The summed E-state index contributed by atoms with van der Waals surface area (Å²) in [5, 5.41) is 0. The second-order valence-corrected chi connectivity index (χ2v) is 4.99. The first-order valence-electron chi connectivity index (χ1n) is 6.55. The molecule has 1 aromatic rings. The Bertz CT molecular complexity index is 443. The summed E-state index contributed by atoms with van der Waals surface area (Å²) in [7, 11) is 0. The van der Waals surface area contributed by atoms with E-state index in [0.29, 0.717) is 25.6 Å². The van der Waals surface area contributed by atoms with E-state index in [1.54, 1.807) is 4.90 Å². The molecule has 1 aliphatic rings. The number of nitrogens with two attached hydrogens (primary N) is 1. The highest BCUT2D eigenvalue weighted by Gasteiger charge is 2.24. The Balaban J connectivity index is 2.10. The fourth-order valence-corrected chi connectivity index (χ4v) is 2.58. The predicted octanol–water partition coefficient (Wildman–Crippen LogP) is 2.17. The van der Waals surface area contributed by atoms with Gasteiger partial charge in [0.25, 0.3) is 5.91 Å². The monoisotopic (exact) mass is 268 g/mol. The molecule has 0 spiro atoms. The van der Waals surface area contributed by atoms with Gasteiger partial charge in [-0.3, -0.25) is 4.79 Å². The number of nitrogens with zero attached hydrogens (tertiary/aromatic N) is 1. The Hall–Kier alpha value is -1.49. The average Bonchev–Trinajstić information content (AvgIpc) is 2.37. The highest BCUT2D eigenvalue weighted by molar-refractivity contribution is 5.94. The Morgan fingerprint density at radius 3 is 2.63 bits per heavy atom. The molecule has 1 atom stereocenters. The predicted molar refractivity (Wildman–Crippen MR) is 68.7 cm³/mol. The van der Waals surface area contributed by atoms with Crippen LogP contribution in [-0.4, -0.2) is 30.4 Å². The fraction of sp³-hybridized carbons (Fsp3) is 0.500. The lowest BCUT2D eigenvalue weighted by atomic mass is 9.94. The fourth-order valence-electron chi connectivity index (χ4n) is 2.58. The van der Waals surface area contributed by atoms with Gasteiger partial charge in [-0.05, 0) is 43.9 Å². The quantitative estimate of drug-likeness (QED) is 0.913. The molecule has 0 saturated carbocycles. The van der Waals surface area contributed by atoms with Crippen LogP contribution in [0.1, 0.15) is 29.6 Å². The van der Waals surface area contributed by atoms with Gasteiger partial charge in [0.15, 0.2) is 0 Å². The topological polar surface area (TPSA) is 46.3 Å². The van der Waals surface area contributed by atoms with Crippen LogP contribution >= 0.6 is 0 Å². The van der Waals surface area contributed by atoms with Crippen LogP contribution in [0.3, 0.4) is 0 Å². The van der Waals surface area contributed by atoms with Crippen molar-refractivity contribution < 1.29 is 13.6 Å². The number of hydrogen-bond acceptors (Lipinski definition) is 2. The molecule has 1 amide bonds. The van der Waals surface area contributed by atoms with E-state index in [1.165, 1.54) is 0 Å². The molecule has 1 aromatic carbocycles. The molecular weight excluding hydrogens is 250 g/mol. The molecule has 2 N–H and O–H groups in total. The van der Waals surface area contributed by atoms with Gasteiger partial charge in [-0.1, -0.05) is 0 Å². The van der Waals surface area contributed by atoms with E-state index < -0.39 is 11.6 Å². The minimum absolute atomic E-state index is 0.0749. The summed E-state index contributed by atoms with van der Waals surface area (Å²) < 4.78 is 26.3. The summed E-state index contributed by atoms with van der Waals surface area (Å²) >= 11 is 0. The molecule has 1 fully saturated rings. The van der Waals surface area contributed by atoms with Crippen molar-refractivity contribution in [3.05, 3.63) is 35.4 Å². The molecule has 3 nitrogen and oxygen atoms in total. The van der Waals surface area contributed by atoms with Crippen molar-refractivity contribution >= 4 is 5.91 Å². The number of rotatable bonds is 3. The number of carbonyl (C=O) groups excluding carboxylic acids is 1. The molecule has 1 unspecified atom stereocenters. The second kappa shape index (κ2) is 6.10. The molecule has 1 heterocycles. The molecule has 0 radical (unpaired) electrons. The smallest absolute Gasteiger partial charge is 0.254 e. The van der Waals surface area contributed by atoms with Gasteiger partial charge in [0.2, 0.25) is 0 Å². The third-order valence-corrected chi connectivity index (χ3v) is 3.49. The summed E-state index contributed by atoms with van der Waals surface area (Å²) in [5.74, 6) is -1.36. The van der Waals surface area contributed by atoms with Crippen molar-refractivity contribution in [2.45, 2.75) is 19.3 Å². The Morgan fingerprint density at radius 1 is 1.32 bits per heavy atom. The van der Waals surface area contributed by atoms with Gasteiger partial charge in [-0.15, -0.1) is 0 Å². The van der Waals surface area contributed by atoms with E-state index in [9.17, 15) is 13.6 Å². The second-order valence-electron chi connectivity index (χ2n) is 4.99. The molecular formula is C14H18F2N2O. The van der Waals surface area contributed by atoms with Gasteiger partial charge in [0, 0.05) is 24.7 Å². The maximum Gasteiger partial charge on any atom is 0.254 e. The van der Waals surface area contributed by atoms with Gasteiger partial charge in [-0.2, -0.15) is 0 Å². The van der Waals surface area contributed by atoms with Crippen molar-refractivity contribution in [2.75, 3.05) is 19.6 Å². The molecule has 1 saturated heterocycles. The van der Waals surface area contributed by atoms with Crippen molar-refractivity contribution in [2.24, 2.45) is 11.7 Å². The molecule has 19 heavy (non-hydrogen) atoms. The molecule has 0 aliphatic carbocycles. The Morgan fingerprint density at radius 2 is 2.00 bits per heavy atom. The van der Waals surface area contributed by atoms with E-state index in [0.717, 1.165) is 37.5 Å². The largest absolute Gasteiger partial charge is 0.338 e. The molecule has 5 heteroatoms. The Labute approximate surface area is 111 Å². The highest BCUT2D eigenvalue weighted by atomic mass is 19.1. The van der Waals surface area contributed by atoms with E-state index in [2.05, 4.69) is 0 Å². The van der Waals surface area contributed by atoms with Crippen LogP contribution in [0.25, 0.3) is 0 Å². The summed E-state index contributed by atoms with van der Waals surface area (Å²) in [5.41, 5.74) is 5.60. The van der Waals surface area contributed by atoms with Crippen molar-refractivity contribution in [3.63, 3.8) is 0 Å². The number of amides is 1. The minimum atomic E-state index is -0.723. The zero-order chi connectivity index (χ0) is 13.8. The first kappa shape index (κ1) is 13.9. The molecule has 0 aromatic heterocycles. The van der Waals surface area contributed by atoms with Gasteiger partial charge < -0.3 is 10.6 Å². The zero-order valence-corrected chi connectivity index (χ0v) is 10.7. The molecule has 1 aliphatic heterocycles. The number of halogens is 2. The lowest BCUT2D eigenvalue weighted by Crippen LogP contribution is -2.40. The van der Waals surface area contributed by atoms with Gasteiger partial charge in [0.05, 0.1) is 0 Å². The maximum absolute atomic E-state index is 13.1. The van der Waals surface area contributed by atoms with E-state index >= 15 is 0 Å². The number of benzene rings is 1. The van der Waals surface area contributed by atoms with Gasteiger partial charge in [0.1, 0.15) is 11.6 Å². The lowest BCUT2D eigenvalue weighted by Gasteiger charge is -2.32. The standard InChI is InChI=1S/C14H18F2N2O/c15-12-6-11(7-13(16)8-12)14(19)18-5-1-2-10(9-18)3-4-17/h6-8,10H,1-5,9,17H2. The number of hydrogen-bond donors (Lipinski definition) is 1. The van der Waals surface area contributed by atoms with Crippen LogP contribution in [-0.2, 0) is 0 Å². The normalized spacial score (nSPS) is 19.5. The molecule has 0 bridgehead atoms. The lowest BCUT2D eigenvalue weighted by molar-refractivity contribution is 0.0668. The third-order valence-electron chi connectivity index (χ3n) is 3.49. The van der Waals surface area contributed by atoms with Crippen LogP contribution in [0.15, 0.2) is 18.2 Å². The number of likely N-dealkylation sites (tertiary alicyclic amines) is 1. The van der Waals surface area contributed by atoms with Gasteiger partial charge in [-0.25, -0.2) is 8.78 Å². The van der Waals surface area contributed by atoms with Crippen LogP contribution < -0.4 is 5.73 Å². The summed E-state index contributed by atoms with van der Waals surface area (Å²) in [4.78, 5) is 13.9.